The third kappa shape index (κ3) is 2.35. The Hall–Kier alpha value is -1.10. The second-order valence-corrected chi connectivity index (χ2v) is 7.21. The number of hydrogen-bond acceptors (Lipinski definition) is 5. The van der Waals surface area contributed by atoms with Gasteiger partial charge in [-0.15, -0.1) is 0 Å². The number of esters is 2. The Balaban J connectivity index is 1.58. The van der Waals surface area contributed by atoms with Crippen LogP contribution in [0.25, 0.3) is 0 Å². The lowest BCUT2D eigenvalue weighted by atomic mass is 9.88. The van der Waals surface area contributed by atoms with E-state index in [0.717, 1.165) is 12.8 Å². The van der Waals surface area contributed by atoms with E-state index in [4.69, 9.17) is 14.2 Å². The number of carbonyl (C=O) groups excluding carboxylic acids is 2. The Morgan fingerprint density at radius 1 is 1.43 bits per heavy atom. The van der Waals surface area contributed by atoms with Gasteiger partial charge in [0.1, 0.15) is 12.2 Å². The smallest absolute Gasteiger partial charge is 0.313 e. The molecular weight excluding hydrogens is 272 g/mol. The average molecular weight is 296 g/mol. The Morgan fingerprint density at radius 2 is 2.14 bits per heavy atom. The van der Waals surface area contributed by atoms with Gasteiger partial charge in [0.2, 0.25) is 6.29 Å². The van der Waals surface area contributed by atoms with Crippen LogP contribution in [0.1, 0.15) is 47.0 Å². The maximum Gasteiger partial charge on any atom is 0.313 e. The number of hydrogen-bond donors (Lipinski definition) is 0. The van der Waals surface area contributed by atoms with Gasteiger partial charge in [0.15, 0.2) is 0 Å². The molecular formula is C16H24O5. The van der Waals surface area contributed by atoms with Crippen LogP contribution in [0.5, 0.6) is 0 Å². The first-order valence-corrected chi connectivity index (χ1v) is 7.90. The zero-order valence-electron chi connectivity index (χ0n) is 13.1. The summed E-state index contributed by atoms with van der Waals surface area (Å²) in [5.41, 5.74) is -0.503. The second kappa shape index (κ2) is 4.97. The van der Waals surface area contributed by atoms with E-state index in [9.17, 15) is 9.59 Å². The van der Waals surface area contributed by atoms with Crippen LogP contribution in [-0.2, 0) is 23.8 Å². The van der Waals surface area contributed by atoms with Gasteiger partial charge in [0.25, 0.3) is 0 Å². The van der Waals surface area contributed by atoms with Gasteiger partial charge >= 0.3 is 11.9 Å². The Labute approximate surface area is 125 Å². The highest BCUT2D eigenvalue weighted by Crippen LogP contribution is 2.55. The summed E-state index contributed by atoms with van der Waals surface area (Å²) in [6.07, 6.45) is 1.70. The van der Waals surface area contributed by atoms with E-state index in [2.05, 4.69) is 0 Å². The van der Waals surface area contributed by atoms with Crippen LogP contribution >= 0.6 is 0 Å². The first-order valence-electron chi connectivity index (χ1n) is 7.90. The molecule has 0 aromatic heterocycles. The molecule has 5 nitrogen and oxygen atoms in total. The first kappa shape index (κ1) is 14.8. The molecule has 0 aromatic rings. The predicted molar refractivity (Wildman–Crippen MR) is 74.1 cm³/mol. The summed E-state index contributed by atoms with van der Waals surface area (Å²) in [5, 5.41) is 0. The molecule has 3 aliphatic rings. The van der Waals surface area contributed by atoms with Crippen molar-refractivity contribution in [1.82, 2.24) is 0 Å². The molecule has 5 heteroatoms. The van der Waals surface area contributed by atoms with Crippen molar-refractivity contribution < 1.29 is 23.8 Å². The monoisotopic (exact) mass is 296 g/mol. The third-order valence-corrected chi connectivity index (χ3v) is 5.47. The predicted octanol–water partition coefficient (Wildman–Crippen LogP) is 2.28. The molecule has 0 N–H and O–H groups in total. The van der Waals surface area contributed by atoms with E-state index < -0.39 is 11.7 Å². The van der Waals surface area contributed by atoms with Crippen molar-refractivity contribution in [2.24, 2.45) is 23.2 Å². The summed E-state index contributed by atoms with van der Waals surface area (Å²) in [4.78, 5) is 23.8. The molecule has 118 valence electrons. The number of ether oxygens (including phenoxy) is 3. The van der Waals surface area contributed by atoms with E-state index in [1.807, 2.05) is 20.8 Å². The first-order chi connectivity index (χ1) is 9.83. The molecule has 0 amide bonds. The quantitative estimate of drug-likeness (QED) is 0.575. The van der Waals surface area contributed by atoms with E-state index in [1.54, 1.807) is 6.92 Å². The largest absolute Gasteiger partial charge is 0.459 e. The van der Waals surface area contributed by atoms with Crippen molar-refractivity contribution in [3.05, 3.63) is 0 Å². The number of rotatable bonds is 5. The summed E-state index contributed by atoms with van der Waals surface area (Å²) in [6.45, 7) is 7.43. The molecule has 6 atom stereocenters. The zero-order chi connectivity index (χ0) is 15.4. The lowest BCUT2D eigenvalue weighted by Crippen LogP contribution is -2.39. The maximum absolute atomic E-state index is 12.1. The standard InChI is InChI=1S/C16H24O5/c1-5-16(3,4)15(18)20-8(2)19-12-9-6-10-11(7-9)14(17)21-13(10)12/h8-13H,5-7H2,1-4H3. The Kier molecular flexibility index (Phi) is 3.51. The lowest BCUT2D eigenvalue weighted by molar-refractivity contribution is -0.207. The van der Waals surface area contributed by atoms with Crippen LogP contribution in [0.2, 0.25) is 0 Å². The molecule has 2 saturated carbocycles. The Bertz CT molecular complexity index is 458. The third-order valence-electron chi connectivity index (χ3n) is 5.47. The summed E-state index contributed by atoms with van der Waals surface area (Å²) < 4.78 is 16.8. The zero-order valence-corrected chi connectivity index (χ0v) is 13.1. The highest BCUT2D eigenvalue weighted by molar-refractivity contribution is 5.77. The molecule has 2 bridgehead atoms. The molecule has 3 rings (SSSR count). The van der Waals surface area contributed by atoms with Gasteiger partial charge in [0.05, 0.1) is 11.3 Å². The molecule has 0 aromatic carbocycles. The maximum atomic E-state index is 12.1. The molecule has 3 fully saturated rings. The molecule has 0 radical (unpaired) electrons. The molecule has 0 spiro atoms. The van der Waals surface area contributed by atoms with Gasteiger partial charge in [0, 0.05) is 5.92 Å². The van der Waals surface area contributed by atoms with Crippen LogP contribution in [-0.4, -0.2) is 30.4 Å². The van der Waals surface area contributed by atoms with Crippen molar-refractivity contribution in [3.8, 4) is 0 Å². The number of carbonyl (C=O) groups is 2. The topological polar surface area (TPSA) is 61.8 Å². The minimum absolute atomic E-state index is 0.0737. The van der Waals surface area contributed by atoms with Crippen molar-refractivity contribution in [2.75, 3.05) is 0 Å². The molecule has 21 heavy (non-hydrogen) atoms. The normalized spacial score (nSPS) is 38.5. The minimum atomic E-state index is -0.606. The van der Waals surface area contributed by atoms with Gasteiger partial charge < -0.3 is 14.2 Å². The van der Waals surface area contributed by atoms with Gasteiger partial charge in [-0.2, -0.15) is 0 Å². The fraction of sp³-hybridized carbons (Fsp3) is 0.875. The average Bonchev–Trinajstić information content (AvgIpc) is 3.03. The summed E-state index contributed by atoms with van der Waals surface area (Å²) >= 11 is 0. The Morgan fingerprint density at radius 3 is 2.81 bits per heavy atom. The van der Waals surface area contributed by atoms with Crippen molar-refractivity contribution in [3.63, 3.8) is 0 Å². The van der Waals surface area contributed by atoms with Gasteiger partial charge in [-0.3, -0.25) is 9.59 Å². The van der Waals surface area contributed by atoms with Crippen molar-refractivity contribution >= 4 is 11.9 Å². The van der Waals surface area contributed by atoms with E-state index in [0.29, 0.717) is 18.3 Å². The summed E-state index contributed by atoms with van der Waals surface area (Å²) in [6, 6.07) is 0. The SMILES string of the molecule is CCC(C)(C)C(=O)OC(C)OC1C2CC3C(=O)OC1C3C2. The van der Waals surface area contributed by atoms with Crippen LogP contribution in [0.4, 0.5) is 0 Å². The van der Waals surface area contributed by atoms with Crippen LogP contribution < -0.4 is 0 Å². The van der Waals surface area contributed by atoms with Gasteiger partial charge in [-0.25, -0.2) is 0 Å². The molecule has 1 aliphatic heterocycles. The molecule has 2 aliphatic carbocycles. The summed E-state index contributed by atoms with van der Waals surface area (Å²) in [5.74, 6) is 0.424. The fourth-order valence-electron chi connectivity index (χ4n) is 3.79. The van der Waals surface area contributed by atoms with Crippen LogP contribution in [0.3, 0.4) is 0 Å². The molecule has 6 unspecified atom stereocenters. The van der Waals surface area contributed by atoms with Crippen LogP contribution in [0, 0.1) is 23.2 Å². The van der Waals surface area contributed by atoms with Gasteiger partial charge in [-0.05, 0) is 46.0 Å². The van der Waals surface area contributed by atoms with E-state index in [1.165, 1.54) is 0 Å². The highest BCUT2D eigenvalue weighted by Gasteiger charge is 2.62. The van der Waals surface area contributed by atoms with E-state index >= 15 is 0 Å². The van der Waals surface area contributed by atoms with E-state index in [-0.39, 0.29) is 30.1 Å². The van der Waals surface area contributed by atoms with Crippen molar-refractivity contribution in [1.29, 1.82) is 0 Å². The lowest BCUT2D eigenvalue weighted by Gasteiger charge is -2.30. The van der Waals surface area contributed by atoms with Crippen molar-refractivity contribution in [2.45, 2.75) is 65.5 Å². The molecule has 1 heterocycles. The second-order valence-electron chi connectivity index (χ2n) is 7.21. The fourth-order valence-corrected chi connectivity index (χ4v) is 3.79. The summed E-state index contributed by atoms with van der Waals surface area (Å²) in [7, 11) is 0. The van der Waals surface area contributed by atoms with Gasteiger partial charge in [-0.1, -0.05) is 6.92 Å². The number of fused-ring (bicyclic) bond motifs is 1. The molecule has 1 saturated heterocycles. The highest BCUT2D eigenvalue weighted by atomic mass is 16.7. The minimum Gasteiger partial charge on any atom is -0.459 e. The van der Waals surface area contributed by atoms with Crippen LogP contribution in [0.15, 0.2) is 0 Å².